The zero-order chi connectivity index (χ0) is 9.90. The van der Waals surface area contributed by atoms with Crippen LogP contribution in [0, 0.1) is 0 Å². The van der Waals surface area contributed by atoms with E-state index in [2.05, 4.69) is 0 Å². The van der Waals surface area contributed by atoms with Gasteiger partial charge in [0.1, 0.15) is 5.21 Å². The Morgan fingerprint density at radius 3 is 2.85 bits per heavy atom. The minimum atomic E-state index is -3.36. The summed E-state index contributed by atoms with van der Waals surface area (Å²) in [7, 11) is -3.36. The van der Waals surface area contributed by atoms with Gasteiger partial charge in [-0.3, -0.25) is 0 Å². The van der Waals surface area contributed by atoms with E-state index in [0.29, 0.717) is 12.3 Å². The summed E-state index contributed by atoms with van der Waals surface area (Å²) in [6.45, 7) is 0.314. The second-order valence-electron chi connectivity index (χ2n) is 2.74. The molecule has 13 heavy (non-hydrogen) atoms. The Hall–Kier alpha value is 0.510. The molecule has 1 aliphatic rings. The molecule has 1 atom stereocenters. The smallest absolute Gasteiger partial charge is 0.228 e. The lowest BCUT2D eigenvalue weighted by Gasteiger charge is -2.32. The topological polar surface area (TPSA) is 57.6 Å². The highest BCUT2D eigenvalue weighted by molar-refractivity contribution is 7.99. The summed E-state index contributed by atoms with van der Waals surface area (Å²) >= 11 is 6.98. The van der Waals surface area contributed by atoms with Gasteiger partial charge in [0, 0.05) is 18.1 Å². The number of nitrogens with zero attached hydrogens (tertiary/aromatic N) is 1. The highest BCUT2D eigenvalue weighted by Crippen LogP contribution is 2.20. The van der Waals surface area contributed by atoms with Gasteiger partial charge in [0.05, 0.1) is 12.6 Å². The molecular weight excluding hydrogens is 234 g/mol. The van der Waals surface area contributed by atoms with Crippen LogP contribution in [0.5, 0.6) is 0 Å². The van der Waals surface area contributed by atoms with Crippen molar-refractivity contribution in [3.05, 3.63) is 0 Å². The second-order valence-corrected chi connectivity index (χ2v) is 6.40. The third-order valence-electron chi connectivity index (χ3n) is 1.88. The Kier molecular flexibility index (Phi) is 4.31. The van der Waals surface area contributed by atoms with Gasteiger partial charge in [0.2, 0.25) is 10.0 Å². The summed E-state index contributed by atoms with van der Waals surface area (Å²) in [6, 6.07) is -0.303. The van der Waals surface area contributed by atoms with Crippen molar-refractivity contribution in [3.8, 4) is 0 Å². The first-order chi connectivity index (χ1) is 6.11. The first-order valence-electron chi connectivity index (χ1n) is 3.86. The molecule has 1 heterocycles. The lowest BCUT2D eigenvalue weighted by Crippen LogP contribution is -2.48. The molecule has 1 N–H and O–H groups in total. The molecule has 0 aliphatic carbocycles. The molecule has 78 valence electrons. The standard InChI is InChI=1S/C6H12ClNO3S2/c7-5-13(10,11)8-1-2-12-4-6(8)3-9/h6,9H,1-5H2. The molecule has 1 saturated heterocycles. The Labute approximate surface area is 87.3 Å². The molecule has 0 radical (unpaired) electrons. The fourth-order valence-electron chi connectivity index (χ4n) is 1.21. The van der Waals surface area contributed by atoms with Crippen molar-refractivity contribution >= 4 is 33.4 Å². The molecule has 4 nitrogen and oxygen atoms in total. The second kappa shape index (κ2) is 4.84. The molecule has 1 unspecified atom stereocenters. The van der Waals surface area contributed by atoms with Gasteiger partial charge in [-0.15, -0.1) is 11.6 Å². The zero-order valence-electron chi connectivity index (χ0n) is 7.02. The van der Waals surface area contributed by atoms with E-state index in [1.807, 2.05) is 0 Å². The van der Waals surface area contributed by atoms with Crippen LogP contribution >= 0.6 is 23.4 Å². The van der Waals surface area contributed by atoms with Crippen molar-refractivity contribution in [1.82, 2.24) is 4.31 Å². The van der Waals surface area contributed by atoms with Crippen LogP contribution in [0.4, 0.5) is 0 Å². The molecule has 1 aliphatic heterocycles. The number of rotatable bonds is 3. The van der Waals surface area contributed by atoms with Crippen LogP contribution < -0.4 is 0 Å². The third kappa shape index (κ3) is 2.73. The van der Waals surface area contributed by atoms with E-state index >= 15 is 0 Å². The van der Waals surface area contributed by atoms with Crippen molar-refractivity contribution < 1.29 is 13.5 Å². The predicted molar refractivity (Wildman–Crippen MR) is 54.5 cm³/mol. The van der Waals surface area contributed by atoms with E-state index in [1.54, 1.807) is 11.8 Å². The normalized spacial score (nSPS) is 26.2. The molecule has 1 rings (SSSR count). The van der Waals surface area contributed by atoms with E-state index in [9.17, 15) is 8.42 Å². The van der Waals surface area contributed by atoms with Gasteiger partial charge in [-0.2, -0.15) is 16.1 Å². The van der Waals surface area contributed by atoms with E-state index in [-0.39, 0.29) is 12.6 Å². The van der Waals surface area contributed by atoms with Gasteiger partial charge in [-0.05, 0) is 0 Å². The van der Waals surface area contributed by atoms with Crippen molar-refractivity contribution in [2.45, 2.75) is 6.04 Å². The van der Waals surface area contributed by atoms with Gasteiger partial charge < -0.3 is 5.11 Å². The average molecular weight is 246 g/mol. The zero-order valence-corrected chi connectivity index (χ0v) is 9.41. The van der Waals surface area contributed by atoms with Gasteiger partial charge in [0.25, 0.3) is 0 Å². The fourth-order valence-corrected chi connectivity index (χ4v) is 3.94. The van der Waals surface area contributed by atoms with E-state index in [1.165, 1.54) is 4.31 Å². The molecule has 7 heteroatoms. The molecule has 0 saturated carbocycles. The summed E-state index contributed by atoms with van der Waals surface area (Å²) in [5.74, 6) is 1.42. The molecule has 0 bridgehead atoms. The number of halogens is 1. The van der Waals surface area contributed by atoms with Crippen LogP contribution in [0.3, 0.4) is 0 Å². The lowest BCUT2D eigenvalue weighted by molar-refractivity contribution is 0.202. The molecular formula is C6H12ClNO3S2. The number of sulfonamides is 1. The highest BCUT2D eigenvalue weighted by Gasteiger charge is 2.31. The number of alkyl halides is 1. The predicted octanol–water partition coefficient (Wildman–Crippen LogP) is -0.0778. The third-order valence-corrected chi connectivity index (χ3v) is 5.27. The number of hydrogen-bond donors (Lipinski definition) is 1. The van der Waals surface area contributed by atoms with Gasteiger partial charge >= 0.3 is 0 Å². The van der Waals surface area contributed by atoms with E-state index in [4.69, 9.17) is 16.7 Å². The molecule has 0 aromatic carbocycles. The summed E-state index contributed by atoms with van der Waals surface area (Å²) in [5, 5.41) is 8.55. The summed E-state index contributed by atoms with van der Waals surface area (Å²) < 4.78 is 24.1. The number of aliphatic hydroxyl groups is 1. The van der Waals surface area contributed by atoms with Gasteiger partial charge in [-0.25, -0.2) is 8.42 Å². The summed E-state index contributed by atoms with van der Waals surface area (Å²) in [6.07, 6.45) is 0. The lowest BCUT2D eigenvalue weighted by atomic mass is 10.3. The maximum Gasteiger partial charge on any atom is 0.228 e. The van der Waals surface area contributed by atoms with Crippen molar-refractivity contribution in [2.24, 2.45) is 0 Å². The van der Waals surface area contributed by atoms with Crippen molar-refractivity contribution in [1.29, 1.82) is 0 Å². The van der Waals surface area contributed by atoms with Crippen molar-refractivity contribution in [3.63, 3.8) is 0 Å². The molecule has 0 amide bonds. The fraction of sp³-hybridized carbons (Fsp3) is 1.00. The monoisotopic (exact) mass is 245 g/mol. The van der Waals surface area contributed by atoms with Gasteiger partial charge in [0.15, 0.2) is 0 Å². The largest absolute Gasteiger partial charge is 0.395 e. The maximum atomic E-state index is 11.4. The van der Waals surface area contributed by atoms with Crippen LogP contribution in [-0.4, -0.2) is 53.7 Å². The Bertz CT molecular complexity index is 257. The Morgan fingerprint density at radius 2 is 2.31 bits per heavy atom. The molecule has 0 aromatic rings. The quantitative estimate of drug-likeness (QED) is 0.707. The Balaban J connectivity index is 2.75. The van der Waals surface area contributed by atoms with E-state index in [0.717, 1.165) is 5.75 Å². The first kappa shape index (κ1) is 11.6. The Morgan fingerprint density at radius 1 is 1.62 bits per heavy atom. The number of aliphatic hydroxyl groups excluding tert-OH is 1. The minimum Gasteiger partial charge on any atom is -0.395 e. The molecule has 0 spiro atoms. The summed E-state index contributed by atoms with van der Waals surface area (Å²) in [5.41, 5.74) is 0. The number of thioether (sulfide) groups is 1. The minimum absolute atomic E-state index is 0.136. The van der Waals surface area contributed by atoms with Crippen LogP contribution in [0.15, 0.2) is 0 Å². The average Bonchev–Trinajstić information content (AvgIpc) is 2.18. The van der Waals surface area contributed by atoms with Gasteiger partial charge in [-0.1, -0.05) is 0 Å². The van der Waals surface area contributed by atoms with Crippen LogP contribution in [-0.2, 0) is 10.0 Å². The first-order valence-corrected chi connectivity index (χ1v) is 7.15. The molecule has 1 fully saturated rings. The van der Waals surface area contributed by atoms with Crippen molar-refractivity contribution in [2.75, 3.05) is 29.9 Å². The van der Waals surface area contributed by atoms with Crippen LogP contribution in [0.25, 0.3) is 0 Å². The maximum absolute atomic E-state index is 11.4. The van der Waals surface area contributed by atoms with Crippen LogP contribution in [0.2, 0.25) is 0 Å². The van der Waals surface area contributed by atoms with E-state index < -0.39 is 15.2 Å². The number of hydrogen-bond acceptors (Lipinski definition) is 4. The SMILES string of the molecule is O=S(=O)(CCl)N1CCSCC1CO. The summed E-state index contributed by atoms with van der Waals surface area (Å²) in [4.78, 5) is 0. The van der Waals surface area contributed by atoms with Crippen LogP contribution in [0.1, 0.15) is 0 Å². The molecule has 0 aromatic heterocycles. The highest BCUT2D eigenvalue weighted by atomic mass is 35.5.